The zero-order valence-corrected chi connectivity index (χ0v) is 13.2. The maximum absolute atomic E-state index is 12.2. The Balaban J connectivity index is 1.75. The van der Waals surface area contributed by atoms with Gasteiger partial charge < -0.3 is 16.0 Å². The maximum atomic E-state index is 12.2. The third-order valence-corrected chi connectivity index (χ3v) is 4.82. The van der Waals surface area contributed by atoms with Gasteiger partial charge in [0.1, 0.15) is 5.82 Å². The average molecular weight is 300 g/mol. The smallest absolute Gasteiger partial charge is 0.241 e. The van der Waals surface area contributed by atoms with E-state index in [1.807, 2.05) is 32.0 Å². The van der Waals surface area contributed by atoms with Crippen molar-refractivity contribution in [3.63, 3.8) is 0 Å². The van der Waals surface area contributed by atoms with Crippen molar-refractivity contribution in [2.24, 2.45) is 11.7 Å². The summed E-state index contributed by atoms with van der Waals surface area (Å²) in [5.74, 6) is 1.68. The highest BCUT2D eigenvalue weighted by Gasteiger charge is 2.23. The lowest BCUT2D eigenvalue weighted by Gasteiger charge is -2.22. The van der Waals surface area contributed by atoms with Crippen molar-refractivity contribution in [1.29, 1.82) is 0 Å². The van der Waals surface area contributed by atoms with Gasteiger partial charge in [-0.3, -0.25) is 4.79 Å². The van der Waals surface area contributed by atoms with Crippen LogP contribution >= 0.6 is 0 Å². The minimum atomic E-state index is -0.479. The molecule has 1 aliphatic rings. The van der Waals surface area contributed by atoms with Crippen LogP contribution in [0, 0.1) is 5.92 Å². The first-order valence-corrected chi connectivity index (χ1v) is 8.14. The minimum absolute atomic E-state index is 0.132. The second kappa shape index (κ2) is 6.08. The van der Waals surface area contributed by atoms with Gasteiger partial charge in [0.2, 0.25) is 5.91 Å². The summed E-state index contributed by atoms with van der Waals surface area (Å²) in [5, 5.41) is 2.90. The molecule has 1 aliphatic carbocycles. The zero-order chi connectivity index (χ0) is 15.7. The van der Waals surface area contributed by atoms with Crippen molar-refractivity contribution in [1.82, 2.24) is 9.97 Å². The van der Waals surface area contributed by atoms with Crippen LogP contribution in [-0.2, 0) is 4.79 Å². The Hall–Kier alpha value is -1.88. The first-order chi connectivity index (χ1) is 10.6. The van der Waals surface area contributed by atoms with Gasteiger partial charge in [-0.15, -0.1) is 0 Å². The molecule has 0 saturated heterocycles. The molecule has 5 heteroatoms. The molecule has 0 radical (unpaired) electrons. The van der Waals surface area contributed by atoms with Gasteiger partial charge in [-0.25, -0.2) is 4.98 Å². The molecule has 5 nitrogen and oxygen atoms in total. The summed E-state index contributed by atoms with van der Waals surface area (Å²) in [6.45, 7) is 4.03. The Kier molecular flexibility index (Phi) is 4.16. The van der Waals surface area contributed by atoms with Crippen LogP contribution in [0.4, 0.5) is 5.69 Å². The highest BCUT2D eigenvalue weighted by Crippen LogP contribution is 2.35. The van der Waals surface area contributed by atoms with Gasteiger partial charge >= 0.3 is 0 Å². The molecular formula is C17H24N4O. The van der Waals surface area contributed by atoms with Gasteiger partial charge in [0.25, 0.3) is 0 Å². The largest absolute Gasteiger partial charge is 0.342 e. The molecule has 1 heterocycles. The van der Waals surface area contributed by atoms with Crippen LogP contribution in [0.1, 0.15) is 51.3 Å². The van der Waals surface area contributed by atoms with Gasteiger partial charge in [-0.1, -0.05) is 26.7 Å². The fourth-order valence-corrected chi connectivity index (χ4v) is 2.72. The number of H-pyrrole nitrogens is 1. The molecule has 1 fully saturated rings. The number of benzene rings is 1. The van der Waals surface area contributed by atoms with Crippen LogP contribution < -0.4 is 11.1 Å². The number of nitrogens with zero attached hydrogens (tertiary/aromatic N) is 1. The second-order valence-corrected chi connectivity index (χ2v) is 6.38. The number of anilines is 1. The van der Waals surface area contributed by atoms with E-state index in [2.05, 4.69) is 15.3 Å². The van der Waals surface area contributed by atoms with Crippen LogP contribution in [0.25, 0.3) is 11.0 Å². The van der Waals surface area contributed by atoms with Crippen LogP contribution in [0.15, 0.2) is 18.2 Å². The lowest BCUT2D eigenvalue weighted by Crippen LogP contribution is -2.40. The molecule has 2 aromatic rings. The standard InChI is InChI=1S/C17H24N4O/c1-3-10(2)15(18)17(22)19-12-7-8-13-14(9-12)21-16(20-13)11-5-4-6-11/h7-11,15H,3-6,18H2,1-2H3,(H,19,22)(H,20,21). The predicted octanol–water partition coefficient (Wildman–Crippen LogP) is 3.14. The van der Waals surface area contributed by atoms with E-state index in [4.69, 9.17) is 5.73 Å². The number of amides is 1. The highest BCUT2D eigenvalue weighted by atomic mass is 16.2. The lowest BCUT2D eigenvalue weighted by atomic mass is 9.85. The fourth-order valence-electron chi connectivity index (χ4n) is 2.72. The van der Waals surface area contributed by atoms with Crippen LogP contribution in [0.5, 0.6) is 0 Å². The SMILES string of the molecule is CCC(C)C(N)C(=O)Nc1ccc2nc(C3CCC3)[nH]c2c1. The van der Waals surface area contributed by atoms with E-state index < -0.39 is 6.04 Å². The van der Waals surface area contributed by atoms with E-state index in [1.165, 1.54) is 19.3 Å². The third-order valence-electron chi connectivity index (χ3n) is 4.82. The summed E-state index contributed by atoms with van der Waals surface area (Å²) in [6, 6.07) is 5.28. The molecule has 0 bridgehead atoms. The molecule has 0 spiro atoms. The van der Waals surface area contributed by atoms with E-state index in [-0.39, 0.29) is 11.8 Å². The van der Waals surface area contributed by atoms with E-state index in [0.717, 1.165) is 29.0 Å². The summed E-state index contributed by atoms with van der Waals surface area (Å²) in [6.07, 6.45) is 4.61. The number of carbonyl (C=O) groups is 1. The van der Waals surface area contributed by atoms with Crippen molar-refractivity contribution in [3.05, 3.63) is 24.0 Å². The maximum Gasteiger partial charge on any atom is 0.241 e. The fraction of sp³-hybridized carbons (Fsp3) is 0.529. The highest BCUT2D eigenvalue weighted by molar-refractivity contribution is 5.96. The Morgan fingerprint density at radius 3 is 2.91 bits per heavy atom. The number of fused-ring (bicyclic) bond motifs is 1. The number of carbonyl (C=O) groups excluding carboxylic acids is 1. The van der Waals surface area contributed by atoms with Crippen molar-refractivity contribution in [2.75, 3.05) is 5.32 Å². The summed E-state index contributed by atoms with van der Waals surface area (Å²) < 4.78 is 0. The first kappa shape index (κ1) is 15.0. The van der Waals surface area contributed by atoms with Gasteiger partial charge in [-0.05, 0) is 37.0 Å². The van der Waals surface area contributed by atoms with E-state index in [9.17, 15) is 4.79 Å². The van der Waals surface area contributed by atoms with Crippen LogP contribution in [0.3, 0.4) is 0 Å². The van der Waals surface area contributed by atoms with E-state index in [1.54, 1.807) is 0 Å². The second-order valence-electron chi connectivity index (χ2n) is 6.38. The number of aromatic nitrogens is 2. The summed E-state index contributed by atoms with van der Waals surface area (Å²) >= 11 is 0. The van der Waals surface area contributed by atoms with Gasteiger partial charge in [-0.2, -0.15) is 0 Å². The first-order valence-electron chi connectivity index (χ1n) is 8.14. The van der Waals surface area contributed by atoms with Crippen molar-refractivity contribution in [3.8, 4) is 0 Å². The van der Waals surface area contributed by atoms with Gasteiger partial charge in [0.05, 0.1) is 17.1 Å². The molecule has 1 saturated carbocycles. The zero-order valence-electron chi connectivity index (χ0n) is 13.2. The topological polar surface area (TPSA) is 83.8 Å². The summed E-state index contributed by atoms with van der Waals surface area (Å²) in [5.41, 5.74) is 8.65. The monoisotopic (exact) mass is 300 g/mol. The third kappa shape index (κ3) is 2.86. The average Bonchev–Trinajstić information content (AvgIpc) is 2.85. The molecule has 3 rings (SSSR count). The summed E-state index contributed by atoms with van der Waals surface area (Å²) in [7, 11) is 0. The van der Waals surface area contributed by atoms with Crippen molar-refractivity contribution >= 4 is 22.6 Å². The predicted molar refractivity (Wildman–Crippen MR) is 88.7 cm³/mol. The normalized spacial score (nSPS) is 18.0. The molecule has 1 aromatic heterocycles. The van der Waals surface area contributed by atoms with Gasteiger partial charge in [0, 0.05) is 11.6 Å². The minimum Gasteiger partial charge on any atom is -0.342 e. The number of aromatic amines is 1. The Bertz CT molecular complexity index is 674. The molecular weight excluding hydrogens is 276 g/mol. The van der Waals surface area contributed by atoms with E-state index >= 15 is 0 Å². The number of imidazole rings is 1. The Labute approximate surface area is 130 Å². The number of hydrogen-bond donors (Lipinski definition) is 3. The van der Waals surface area contributed by atoms with Crippen LogP contribution in [0.2, 0.25) is 0 Å². The van der Waals surface area contributed by atoms with Crippen LogP contribution in [-0.4, -0.2) is 21.9 Å². The van der Waals surface area contributed by atoms with E-state index in [0.29, 0.717) is 5.92 Å². The molecule has 2 unspecified atom stereocenters. The number of rotatable bonds is 5. The Morgan fingerprint density at radius 2 is 2.27 bits per heavy atom. The van der Waals surface area contributed by atoms with Gasteiger partial charge in [0.15, 0.2) is 0 Å². The quantitative estimate of drug-likeness (QED) is 0.793. The number of nitrogens with one attached hydrogen (secondary N) is 2. The molecule has 4 N–H and O–H groups in total. The molecule has 118 valence electrons. The number of hydrogen-bond acceptors (Lipinski definition) is 3. The lowest BCUT2D eigenvalue weighted by molar-refractivity contribution is -0.118. The molecule has 22 heavy (non-hydrogen) atoms. The summed E-state index contributed by atoms with van der Waals surface area (Å²) in [4.78, 5) is 20.2. The molecule has 2 atom stereocenters. The molecule has 1 amide bonds. The van der Waals surface area contributed by atoms with Crippen molar-refractivity contribution < 1.29 is 4.79 Å². The Morgan fingerprint density at radius 1 is 1.50 bits per heavy atom. The van der Waals surface area contributed by atoms with Crippen molar-refractivity contribution in [2.45, 2.75) is 51.5 Å². The number of nitrogens with two attached hydrogens (primary N) is 1. The molecule has 1 aromatic carbocycles. The molecule has 0 aliphatic heterocycles.